The Hall–Kier alpha value is -13.8. The zero-order valence-electron chi connectivity index (χ0n) is 59.1. The Labute approximate surface area is 640 Å². The van der Waals surface area contributed by atoms with Crippen LogP contribution in [-0.4, -0.2) is 25.1 Å². The fraction of sp³-hybridized carbons (Fsp3) is 0.0204. The maximum atomic E-state index is 13.7. The molecule has 1 aliphatic carbocycles. The van der Waals surface area contributed by atoms with E-state index in [1.54, 1.807) is 0 Å². The molecule has 0 spiro atoms. The molecule has 0 fully saturated rings. The molecule has 3 aromatic heterocycles. The Morgan fingerprint density at radius 3 is 0.883 bits per heavy atom. The number of allylic oxidation sites excluding steroid dienone is 4. The lowest BCUT2D eigenvalue weighted by atomic mass is 9.91. The molecule has 0 unspecified atom stereocenters. The second kappa shape index (κ2) is 27.2. The third kappa shape index (κ3) is 12.2. The van der Waals surface area contributed by atoms with Gasteiger partial charge in [0.1, 0.15) is 5.71 Å². The number of para-hydroxylation sites is 2. The Kier molecular flexibility index (Phi) is 16.6. The largest absolute Gasteiger partial charge is 0.416 e. The van der Waals surface area contributed by atoms with Crippen LogP contribution in [0, 0.1) is 5.41 Å². The highest BCUT2D eigenvalue weighted by atomic mass is 32.1. The minimum Gasteiger partial charge on any atom is -0.309 e. The molecule has 0 saturated heterocycles. The van der Waals surface area contributed by atoms with E-state index in [9.17, 15) is 31.8 Å². The van der Waals surface area contributed by atoms with Crippen LogP contribution in [-0.2, 0) is 12.4 Å². The Bertz CT molecular complexity index is 6440. The van der Waals surface area contributed by atoms with E-state index in [1.807, 2.05) is 84.9 Å². The van der Waals surface area contributed by atoms with E-state index in [1.165, 1.54) is 35.4 Å². The molecule has 0 atom stereocenters. The van der Waals surface area contributed by atoms with E-state index in [0.29, 0.717) is 39.2 Å². The van der Waals surface area contributed by atoms with E-state index in [4.69, 9.17) is 0 Å². The monoisotopic (exact) mass is 1470 g/mol. The molecular formula is C98H62F6N6S. The predicted octanol–water partition coefficient (Wildman–Crippen LogP) is 27.4. The number of rotatable bonds is 13. The molecule has 13 heteroatoms. The summed E-state index contributed by atoms with van der Waals surface area (Å²) in [5.74, 6) is 0. The molecule has 111 heavy (non-hydrogen) atoms. The summed E-state index contributed by atoms with van der Waals surface area (Å²) in [7, 11) is 0. The fourth-order valence-corrected chi connectivity index (χ4v) is 16.2. The van der Waals surface area contributed by atoms with Crippen molar-refractivity contribution in [1.82, 2.24) is 13.7 Å². The summed E-state index contributed by atoms with van der Waals surface area (Å²) in [5, 5.41) is 16.2. The van der Waals surface area contributed by atoms with Gasteiger partial charge in [0, 0.05) is 66.3 Å². The number of aromatic nitrogens is 3. The van der Waals surface area contributed by atoms with Crippen LogP contribution < -0.4 is 4.90 Å². The first-order valence-electron chi connectivity index (χ1n) is 36.3. The molecule has 15 aromatic carbocycles. The molecule has 19 rings (SSSR count). The van der Waals surface area contributed by atoms with Gasteiger partial charge >= 0.3 is 12.4 Å². The summed E-state index contributed by atoms with van der Waals surface area (Å²) >= 11 is 4.65. The van der Waals surface area contributed by atoms with Crippen LogP contribution >= 0.6 is 12.8 Å². The molecular weight excluding hydrogens is 1410 g/mol. The number of hydrogen-bond donors (Lipinski definition) is 2. The topological polar surface area (TPSA) is 54.2 Å². The van der Waals surface area contributed by atoms with Crippen molar-refractivity contribution in [2.45, 2.75) is 12.4 Å². The van der Waals surface area contributed by atoms with Crippen molar-refractivity contribution in [2.75, 3.05) is 4.90 Å². The van der Waals surface area contributed by atoms with E-state index in [0.717, 1.165) is 157 Å². The molecule has 3 heterocycles. The molecule has 532 valence electrons. The second-order valence-electron chi connectivity index (χ2n) is 27.9. The minimum absolute atomic E-state index is 0.149. The molecule has 1 N–H and O–H groups in total. The summed E-state index contributed by atoms with van der Waals surface area (Å²) in [6, 6.07) is 115. The van der Waals surface area contributed by atoms with Crippen molar-refractivity contribution >= 4 is 107 Å². The molecule has 0 saturated carbocycles. The zero-order valence-corrected chi connectivity index (χ0v) is 60.0. The number of nitrogens with zero attached hydrogens (tertiary/aromatic N) is 5. The normalized spacial score (nSPS) is 13.1. The van der Waals surface area contributed by atoms with Gasteiger partial charge in [-0.3, -0.25) is 5.41 Å². The van der Waals surface area contributed by atoms with Crippen LogP contribution in [0.1, 0.15) is 16.7 Å². The van der Waals surface area contributed by atoms with Gasteiger partial charge in [-0.25, -0.2) is 4.40 Å². The lowest BCUT2D eigenvalue weighted by Crippen LogP contribution is -2.30. The van der Waals surface area contributed by atoms with Crippen molar-refractivity contribution in [2.24, 2.45) is 4.40 Å². The summed E-state index contributed by atoms with van der Waals surface area (Å²) < 4.78 is 93.7. The summed E-state index contributed by atoms with van der Waals surface area (Å²) in [6.07, 6.45) is -5.07. The standard InChI is InChI=1S/C98H62F6N6S/c99-97(100,101)74-37-19-65(20-38-74)72-35-54-92-86(59-72)87-60-73(66-21-39-75(40-22-66)98(102,103)104)36-55-93(87)110(92)80-49-31-69(32-50-80)81-51-56-94(96(106-111)95(81)105)107(76-41-27-67(28-42-76)70-33-52-90-84(57-70)82-15-7-9-17-88(82)108(90)78-45-23-63(24-46-78)61-11-3-1-4-12-61)77-43-29-68(30-44-77)71-34-53-91-85(58-71)83-16-8-10-18-89(83)109(91)79-47-25-64(26-48-79)62-13-5-2-6-14-62/h1-60,105,111H. The van der Waals surface area contributed by atoms with Gasteiger partial charge in [-0.2, -0.15) is 26.3 Å². The maximum Gasteiger partial charge on any atom is 0.416 e. The number of halogens is 6. The SMILES string of the molecule is N=C1C(c2ccc(-n3c4ccc(-c5ccc(C(F)(F)F)cc5)cc4c4cc(-c5ccc(C(F)(F)F)cc5)ccc43)cc2)=CC=C(N(c2ccc(-c3ccc4c(c3)c3ccccc3n4-c3ccc(-c4ccccc4)cc3)cc2)c2ccc(-c3ccc4c(c3)c3ccccc3n4-c3ccc(-c4ccccc4)cc3)cc2)C1=NS. The molecule has 0 aliphatic heterocycles. The highest BCUT2D eigenvalue weighted by Crippen LogP contribution is 2.44. The van der Waals surface area contributed by atoms with Crippen molar-refractivity contribution in [3.05, 3.63) is 386 Å². The van der Waals surface area contributed by atoms with Crippen LogP contribution in [0.15, 0.2) is 374 Å². The van der Waals surface area contributed by atoms with E-state index in [-0.39, 0.29) is 5.71 Å². The lowest BCUT2D eigenvalue weighted by molar-refractivity contribution is -0.138. The van der Waals surface area contributed by atoms with Crippen LogP contribution in [0.2, 0.25) is 0 Å². The van der Waals surface area contributed by atoms with Crippen molar-refractivity contribution < 1.29 is 26.3 Å². The maximum absolute atomic E-state index is 13.7. The lowest BCUT2D eigenvalue weighted by Gasteiger charge is -2.31. The molecule has 0 radical (unpaired) electrons. The second-order valence-corrected chi connectivity index (χ2v) is 28.1. The van der Waals surface area contributed by atoms with Gasteiger partial charge in [0.15, 0.2) is 0 Å². The van der Waals surface area contributed by atoms with Gasteiger partial charge in [0.05, 0.1) is 55.6 Å². The van der Waals surface area contributed by atoms with Crippen LogP contribution in [0.4, 0.5) is 37.7 Å². The molecule has 6 nitrogen and oxygen atoms in total. The number of thiol groups is 1. The summed E-state index contributed by atoms with van der Waals surface area (Å²) in [5.41, 5.74) is 22.9. The number of nitrogens with one attached hydrogen (secondary N) is 1. The zero-order chi connectivity index (χ0) is 75.2. The highest BCUT2D eigenvalue weighted by molar-refractivity contribution is 7.79. The van der Waals surface area contributed by atoms with Gasteiger partial charge in [-0.05, 0) is 243 Å². The average molecular weight is 1470 g/mol. The van der Waals surface area contributed by atoms with Crippen molar-refractivity contribution in [3.8, 4) is 83.8 Å². The number of benzene rings is 15. The van der Waals surface area contributed by atoms with Gasteiger partial charge < -0.3 is 18.6 Å². The van der Waals surface area contributed by atoms with Crippen LogP contribution in [0.25, 0.3) is 155 Å². The van der Waals surface area contributed by atoms with E-state index in [2.05, 4.69) is 266 Å². The fourth-order valence-electron chi connectivity index (χ4n) is 16.0. The van der Waals surface area contributed by atoms with Gasteiger partial charge in [-0.1, -0.05) is 206 Å². The van der Waals surface area contributed by atoms with Gasteiger partial charge in [-0.15, -0.1) is 0 Å². The quantitative estimate of drug-likeness (QED) is 0.0675. The first-order valence-corrected chi connectivity index (χ1v) is 36.7. The van der Waals surface area contributed by atoms with Gasteiger partial charge in [0.25, 0.3) is 0 Å². The average Bonchev–Trinajstić information content (AvgIpc) is 1.62. The molecule has 18 aromatic rings. The molecule has 0 amide bonds. The summed E-state index contributed by atoms with van der Waals surface area (Å²) in [4.78, 5) is 2.13. The van der Waals surface area contributed by atoms with E-state index >= 15 is 0 Å². The minimum atomic E-state index is -4.51. The van der Waals surface area contributed by atoms with Crippen molar-refractivity contribution in [1.29, 1.82) is 5.41 Å². The first kappa shape index (κ1) is 67.8. The number of alkyl halides is 6. The molecule has 1 aliphatic rings. The number of hydrogen-bond acceptors (Lipinski definition) is 4. The first-order chi connectivity index (χ1) is 54.1. The molecule has 0 bridgehead atoms. The summed E-state index contributed by atoms with van der Waals surface area (Å²) in [6.45, 7) is 0. The smallest absolute Gasteiger partial charge is 0.309 e. The Morgan fingerprint density at radius 1 is 0.270 bits per heavy atom. The van der Waals surface area contributed by atoms with Crippen LogP contribution in [0.5, 0.6) is 0 Å². The highest BCUT2D eigenvalue weighted by Gasteiger charge is 2.33. The Morgan fingerprint density at radius 2 is 0.541 bits per heavy atom. The van der Waals surface area contributed by atoms with Crippen LogP contribution in [0.3, 0.4) is 0 Å². The Balaban J connectivity index is 0.686. The number of fused-ring (bicyclic) bond motifs is 9. The van der Waals surface area contributed by atoms with E-state index < -0.39 is 23.5 Å². The third-order valence-electron chi connectivity index (χ3n) is 21.5. The number of anilines is 2. The third-order valence-corrected chi connectivity index (χ3v) is 21.7. The van der Waals surface area contributed by atoms with Gasteiger partial charge in [0.2, 0.25) is 0 Å². The van der Waals surface area contributed by atoms with Crippen molar-refractivity contribution in [3.63, 3.8) is 0 Å². The predicted molar refractivity (Wildman–Crippen MR) is 447 cm³/mol.